The van der Waals surface area contributed by atoms with E-state index in [2.05, 4.69) is 32.7 Å². The Morgan fingerprint density at radius 1 is 0.962 bits per heavy atom. The van der Waals surface area contributed by atoms with E-state index in [1.54, 1.807) is 6.20 Å². The zero-order valence-corrected chi connectivity index (χ0v) is 15.1. The molecular formula is C21H24N4O. The van der Waals surface area contributed by atoms with E-state index in [0.717, 1.165) is 30.2 Å². The molecule has 1 heterocycles. The fourth-order valence-corrected chi connectivity index (χ4v) is 2.54. The molecule has 0 aliphatic rings. The molecule has 0 amide bonds. The van der Waals surface area contributed by atoms with Gasteiger partial charge in [-0.25, -0.2) is 4.98 Å². The number of rotatable bonds is 8. The minimum Gasteiger partial charge on any atom is -0.489 e. The molecule has 5 heteroatoms. The fourth-order valence-electron chi connectivity index (χ4n) is 2.54. The number of hydrogen-bond donors (Lipinski definition) is 2. The van der Waals surface area contributed by atoms with Crippen molar-refractivity contribution < 1.29 is 4.74 Å². The Morgan fingerprint density at radius 3 is 2.54 bits per heavy atom. The Kier molecular flexibility index (Phi) is 6.04. The molecule has 0 saturated carbocycles. The van der Waals surface area contributed by atoms with Crippen LogP contribution in [0.5, 0.6) is 5.75 Å². The van der Waals surface area contributed by atoms with Crippen molar-refractivity contribution >= 4 is 17.5 Å². The zero-order chi connectivity index (χ0) is 18.2. The Bertz CT molecular complexity index is 821. The summed E-state index contributed by atoms with van der Waals surface area (Å²) in [4.78, 5) is 8.82. The number of aromatic nitrogens is 2. The van der Waals surface area contributed by atoms with Gasteiger partial charge in [-0.15, -0.1) is 0 Å². The van der Waals surface area contributed by atoms with Crippen LogP contribution in [0.15, 0.2) is 66.9 Å². The van der Waals surface area contributed by atoms with Crippen LogP contribution in [0.2, 0.25) is 0 Å². The smallest absolute Gasteiger partial charge is 0.224 e. The van der Waals surface area contributed by atoms with E-state index in [1.807, 2.05) is 62.4 Å². The Hall–Kier alpha value is -3.08. The molecule has 1 aromatic heterocycles. The van der Waals surface area contributed by atoms with Crippen molar-refractivity contribution in [1.29, 1.82) is 0 Å². The minimum absolute atomic E-state index is 0.110. The van der Waals surface area contributed by atoms with Gasteiger partial charge < -0.3 is 15.4 Å². The summed E-state index contributed by atoms with van der Waals surface area (Å²) in [5.74, 6) is 2.13. The number of nitrogens with zero attached hydrogens (tertiary/aromatic N) is 2. The van der Waals surface area contributed by atoms with Crippen molar-refractivity contribution in [3.05, 3.63) is 72.4 Å². The molecule has 2 N–H and O–H groups in total. The molecule has 0 fully saturated rings. The Morgan fingerprint density at radius 2 is 1.73 bits per heavy atom. The van der Waals surface area contributed by atoms with Gasteiger partial charge in [-0.1, -0.05) is 42.5 Å². The molecule has 0 unspecified atom stereocenters. The number of anilines is 3. The van der Waals surface area contributed by atoms with Crippen molar-refractivity contribution in [2.24, 2.45) is 0 Å². The highest BCUT2D eigenvalue weighted by molar-refractivity contribution is 5.64. The van der Waals surface area contributed by atoms with Crippen molar-refractivity contribution in [3.8, 4) is 5.75 Å². The Balaban J connectivity index is 1.62. The predicted octanol–water partition coefficient (Wildman–Crippen LogP) is 4.66. The Labute approximate surface area is 154 Å². The molecule has 0 atom stereocenters. The van der Waals surface area contributed by atoms with Crippen molar-refractivity contribution in [1.82, 2.24) is 9.97 Å². The molecule has 134 valence electrons. The van der Waals surface area contributed by atoms with E-state index in [1.165, 1.54) is 5.56 Å². The molecule has 3 aromatic rings. The lowest BCUT2D eigenvalue weighted by atomic mass is 10.1. The van der Waals surface area contributed by atoms with Gasteiger partial charge in [0.15, 0.2) is 0 Å². The molecular weight excluding hydrogens is 324 g/mol. The fraction of sp³-hybridized carbons (Fsp3) is 0.238. The minimum atomic E-state index is 0.110. The molecule has 0 bridgehead atoms. The summed E-state index contributed by atoms with van der Waals surface area (Å²) in [6.07, 6.45) is 2.78. The number of para-hydroxylation sites is 2. The quantitative estimate of drug-likeness (QED) is 0.620. The lowest BCUT2D eigenvalue weighted by Crippen LogP contribution is -2.09. The largest absolute Gasteiger partial charge is 0.489 e. The molecule has 3 rings (SSSR count). The van der Waals surface area contributed by atoms with Crippen molar-refractivity contribution in [2.45, 2.75) is 26.4 Å². The maximum Gasteiger partial charge on any atom is 0.224 e. The summed E-state index contributed by atoms with van der Waals surface area (Å²) in [6, 6.07) is 20.0. The average molecular weight is 348 g/mol. The summed E-state index contributed by atoms with van der Waals surface area (Å²) < 4.78 is 5.84. The van der Waals surface area contributed by atoms with Crippen LogP contribution in [0, 0.1) is 0 Å². The first-order valence-corrected chi connectivity index (χ1v) is 8.84. The van der Waals surface area contributed by atoms with Crippen LogP contribution in [0.3, 0.4) is 0 Å². The molecule has 0 spiro atoms. The third-order valence-electron chi connectivity index (χ3n) is 3.71. The van der Waals surface area contributed by atoms with Gasteiger partial charge >= 0.3 is 0 Å². The number of benzene rings is 2. The van der Waals surface area contributed by atoms with Crippen molar-refractivity contribution in [2.75, 3.05) is 17.2 Å². The summed E-state index contributed by atoms with van der Waals surface area (Å²) >= 11 is 0. The molecule has 2 aromatic carbocycles. The number of hydrogen-bond acceptors (Lipinski definition) is 5. The van der Waals surface area contributed by atoms with Crippen LogP contribution in [0.25, 0.3) is 0 Å². The second-order valence-corrected chi connectivity index (χ2v) is 6.22. The topological polar surface area (TPSA) is 59.1 Å². The van der Waals surface area contributed by atoms with E-state index in [9.17, 15) is 0 Å². The van der Waals surface area contributed by atoms with Gasteiger partial charge in [-0.2, -0.15) is 4.98 Å². The summed E-state index contributed by atoms with van der Waals surface area (Å²) in [5.41, 5.74) is 2.17. The first-order chi connectivity index (χ1) is 12.7. The first-order valence-electron chi connectivity index (χ1n) is 8.84. The maximum absolute atomic E-state index is 5.84. The van der Waals surface area contributed by atoms with E-state index < -0.39 is 0 Å². The van der Waals surface area contributed by atoms with Gasteiger partial charge in [0.1, 0.15) is 11.6 Å². The second-order valence-electron chi connectivity index (χ2n) is 6.22. The van der Waals surface area contributed by atoms with Crippen LogP contribution < -0.4 is 15.4 Å². The highest BCUT2D eigenvalue weighted by Gasteiger charge is 2.06. The van der Waals surface area contributed by atoms with E-state index >= 15 is 0 Å². The molecule has 0 aliphatic heterocycles. The molecule has 26 heavy (non-hydrogen) atoms. The van der Waals surface area contributed by atoms with Gasteiger partial charge in [0, 0.05) is 12.7 Å². The molecule has 0 aliphatic carbocycles. The first kappa shape index (κ1) is 17.7. The normalized spacial score (nSPS) is 10.6. The lowest BCUT2D eigenvalue weighted by molar-refractivity contribution is 0.244. The van der Waals surface area contributed by atoms with E-state index in [4.69, 9.17) is 4.74 Å². The summed E-state index contributed by atoms with van der Waals surface area (Å²) in [6.45, 7) is 4.80. The number of nitrogens with one attached hydrogen (secondary N) is 2. The molecule has 5 nitrogen and oxygen atoms in total. The van der Waals surface area contributed by atoms with Gasteiger partial charge in [-0.3, -0.25) is 0 Å². The van der Waals surface area contributed by atoms with Gasteiger partial charge in [-0.05, 0) is 44.0 Å². The standard InChI is InChI=1S/C21H24N4O/c1-16(2)26-19-11-7-6-10-18(19)24-20-13-15-23-21(25-20)22-14-12-17-8-4-3-5-9-17/h3-11,13,15-16H,12,14H2,1-2H3,(H2,22,23,24,25). The predicted molar refractivity (Wildman–Crippen MR) is 106 cm³/mol. The zero-order valence-electron chi connectivity index (χ0n) is 15.1. The monoisotopic (exact) mass is 348 g/mol. The second kappa shape index (κ2) is 8.85. The highest BCUT2D eigenvalue weighted by Crippen LogP contribution is 2.27. The highest BCUT2D eigenvalue weighted by atomic mass is 16.5. The maximum atomic E-state index is 5.84. The molecule has 0 saturated heterocycles. The third kappa shape index (κ3) is 5.21. The van der Waals surface area contributed by atoms with Gasteiger partial charge in [0.05, 0.1) is 11.8 Å². The van der Waals surface area contributed by atoms with E-state index in [-0.39, 0.29) is 6.10 Å². The SMILES string of the molecule is CC(C)Oc1ccccc1Nc1ccnc(NCCc2ccccc2)n1. The van der Waals surface area contributed by atoms with Crippen LogP contribution in [-0.2, 0) is 6.42 Å². The van der Waals surface area contributed by atoms with Gasteiger partial charge in [0.2, 0.25) is 5.95 Å². The van der Waals surface area contributed by atoms with Crippen molar-refractivity contribution in [3.63, 3.8) is 0 Å². The average Bonchev–Trinajstić information content (AvgIpc) is 2.64. The van der Waals surface area contributed by atoms with E-state index in [0.29, 0.717) is 5.95 Å². The third-order valence-corrected chi connectivity index (χ3v) is 3.71. The van der Waals surface area contributed by atoms with Crippen LogP contribution >= 0.6 is 0 Å². The van der Waals surface area contributed by atoms with Crippen LogP contribution in [0.4, 0.5) is 17.5 Å². The number of ether oxygens (including phenoxy) is 1. The molecule has 0 radical (unpaired) electrons. The van der Waals surface area contributed by atoms with Crippen LogP contribution in [0.1, 0.15) is 19.4 Å². The van der Waals surface area contributed by atoms with Gasteiger partial charge in [0.25, 0.3) is 0 Å². The summed E-state index contributed by atoms with van der Waals surface area (Å²) in [5, 5.41) is 6.58. The lowest BCUT2D eigenvalue weighted by Gasteiger charge is -2.15. The summed E-state index contributed by atoms with van der Waals surface area (Å²) in [7, 11) is 0. The van der Waals surface area contributed by atoms with Crippen LogP contribution in [-0.4, -0.2) is 22.6 Å².